The number of β-amino-alcohol motifs (C(OH)–C–C–N with tert-alkyl or cyclic N) is 1. The zero-order chi connectivity index (χ0) is 13.9. The zero-order valence-corrected chi connectivity index (χ0v) is 12.5. The number of benzene rings is 1. The lowest BCUT2D eigenvalue weighted by atomic mass is 9.72. The Hall–Kier alpha value is -0.860. The summed E-state index contributed by atoms with van der Waals surface area (Å²) in [6, 6.07) is 10.8. The molecule has 1 aliphatic heterocycles. The van der Waals surface area contributed by atoms with Gasteiger partial charge in [0.25, 0.3) is 0 Å². The lowest BCUT2D eigenvalue weighted by Crippen LogP contribution is -2.50. The first-order valence-electron chi connectivity index (χ1n) is 8.23. The van der Waals surface area contributed by atoms with Gasteiger partial charge in [-0.25, -0.2) is 0 Å². The summed E-state index contributed by atoms with van der Waals surface area (Å²) in [5.41, 5.74) is 1.05. The third-order valence-corrected chi connectivity index (χ3v) is 5.43. The van der Waals surface area contributed by atoms with Crippen molar-refractivity contribution in [2.45, 2.75) is 51.2 Å². The van der Waals surface area contributed by atoms with E-state index in [0.717, 1.165) is 30.5 Å². The van der Waals surface area contributed by atoms with Crippen molar-refractivity contribution in [3.8, 4) is 0 Å². The minimum absolute atomic E-state index is 0.341. The molecule has 2 fully saturated rings. The molecule has 0 amide bonds. The van der Waals surface area contributed by atoms with Crippen LogP contribution in [0.25, 0.3) is 0 Å². The maximum atomic E-state index is 10.5. The van der Waals surface area contributed by atoms with Crippen LogP contribution in [0.1, 0.15) is 50.7 Å². The van der Waals surface area contributed by atoms with Crippen molar-refractivity contribution in [3.63, 3.8) is 0 Å². The predicted octanol–water partition coefficient (Wildman–Crippen LogP) is 3.62. The molecule has 2 aliphatic rings. The number of rotatable bonds is 3. The number of fused-ring (bicyclic) bond motifs is 1. The maximum absolute atomic E-state index is 10.5. The summed E-state index contributed by atoms with van der Waals surface area (Å²) in [6.07, 6.45) is 6.44. The van der Waals surface area contributed by atoms with Gasteiger partial charge in [-0.1, -0.05) is 50.1 Å². The van der Waals surface area contributed by atoms with Crippen LogP contribution in [-0.2, 0) is 0 Å². The molecule has 3 rings (SSSR count). The lowest BCUT2D eigenvalue weighted by molar-refractivity contribution is 0.00103. The minimum Gasteiger partial charge on any atom is -0.387 e. The molecule has 1 saturated heterocycles. The fraction of sp³-hybridized carbons (Fsp3) is 0.667. The van der Waals surface area contributed by atoms with Crippen molar-refractivity contribution in [2.75, 3.05) is 13.1 Å². The first kappa shape index (κ1) is 14.1. The molecule has 0 aromatic heterocycles. The van der Waals surface area contributed by atoms with Crippen LogP contribution in [0.2, 0.25) is 0 Å². The molecule has 20 heavy (non-hydrogen) atoms. The Labute approximate surface area is 122 Å². The van der Waals surface area contributed by atoms with E-state index in [9.17, 15) is 5.11 Å². The van der Waals surface area contributed by atoms with Crippen LogP contribution in [-0.4, -0.2) is 29.1 Å². The molecule has 0 unspecified atom stereocenters. The highest BCUT2D eigenvalue weighted by molar-refractivity contribution is 5.17. The molecule has 1 aliphatic carbocycles. The van der Waals surface area contributed by atoms with Gasteiger partial charge in [0.1, 0.15) is 0 Å². The average Bonchev–Trinajstić information content (AvgIpc) is 2.49. The smallest absolute Gasteiger partial charge is 0.0917 e. The molecule has 110 valence electrons. The number of hydrogen-bond donors (Lipinski definition) is 1. The van der Waals surface area contributed by atoms with Crippen molar-refractivity contribution in [1.29, 1.82) is 0 Å². The molecule has 4 atom stereocenters. The summed E-state index contributed by atoms with van der Waals surface area (Å²) < 4.78 is 0. The van der Waals surface area contributed by atoms with Gasteiger partial charge in [-0.2, -0.15) is 0 Å². The Bertz CT molecular complexity index is 419. The van der Waals surface area contributed by atoms with E-state index in [2.05, 4.69) is 11.8 Å². The van der Waals surface area contributed by atoms with Crippen LogP contribution < -0.4 is 0 Å². The first-order chi connectivity index (χ1) is 9.75. The van der Waals surface area contributed by atoms with Gasteiger partial charge in [0.2, 0.25) is 0 Å². The predicted molar refractivity (Wildman–Crippen MR) is 82.5 cm³/mol. The molecule has 0 bridgehead atoms. The molecular formula is C18H27NO. The van der Waals surface area contributed by atoms with E-state index in [4.69, 9.17) is 0 Å². The third-order valence-electron chi connectivity index (χ3n) is 5.43. The van der Waals surface area contributed by atoms with Crippen LogP contribution in [0, 0.1) is 11.8 Å². The van der Waals surface area contributed by atoms with E-state index in [-0.39, 0.29) is 6.10 Å². The minimum atomic E-state index is -0.341. The average molecular weight is 273 g/mol. The summed E-state index contributed by atoms with van der Waals surface area (Å²) >= 11 is 0. The number of aliphatic hydroxyl groups is 1. The molecule has 2 nitrogen and oxygen atoms in total. The van der Waals surface area contributed by atoms with Crippen molar-refractivity contribution in [2.24, 2.45) is 11.8 Å². The van der Waals surface area contributed by atoms with Crippen LogP contribution in [0.3, 0.4) is 0 Å². The van der Waals surface area contributed by atoms with Gasteiger partial charge >= 0.3 is 0 Å². The van der Waals surface area contributed by atoms with Gasteiger partial charge in [-0.05, 0) is 43.2 Å². The number of hydrogen-bond acceptors (Lipinski definition) is 2. The first-order valence-corrected chi connectivity index (χ1v) is 8.23. The lowest BCUT2D eigenvalue weighted by Gasteiger charge is -2.47. The van der Waals surface area contributed by atoms with Crippen LogP contribution in [0.5, 0.6) is 0 Å². The highest BCUT2D eigenvalue weighted by atomic mass is 16.3. The van der Waals surface area contributed by atoms with Gasteiger partial charge in [-0.3, -0.25) is 4.90 Å². The Kier molecular flexibility index (Phi) is 4.42. The molecule has 1 aromatic carbocycles. The third kappa shape index (κ3) is 2.91. The summed E-state index contributed by atoms with van der Waals surface area (Å²) in [6.45, 7) is 4.39. The monoisotopic (exact) mass is 273 g/mol. The van der Waals surface area contributed by atoms with Crippen LogP contribution in [0.4, 0.5) is 0 Å². The number of piperidine rings is 1. The van der Waals surface area contributed by atoms with Gasteiger partial charge < -0.3 is 5.11 Å². The number of aliphatic hydroxyl groups excluding tert-OH is 1. The van der Waals surface area contributed by atoms with Crippen molar-refractivity contribution in [3.05, 3.63) is 35.9 Å². The Balaban J connectivity index is 1.67. The van der Waals surface area contributed by atoms with Crippen molar-refractivity contribution < 1.29 is 5.11 Å². The van der Waals surface area contributed by atoms with E-state index >= 15 is 0 Å². The standard InChI is InChI=1S/C18H27NO/c1-14-7-5-11-17-16(14)10-6-12-19(17)13-18(20)15-8-3-2-4-9-15/h2-4,8-9,14,16-18,20H,5-7,10-13H2,1H3/t14-,16+,17-,18+/m1/s1. The van der Waals surface area contributed by atoms with Gasteiger partial charge in [0, 0.05) is 12.6 Å². The van der Waals surface area contributed by atoms with E-state index in [1.165, 1.54) is 32.1 Å². The second-order valence-corrected chi connectivity index (χ2v) is 6.70. The largest absolute Gasteiger partial charge is 0.387 e. The Morgan fingerprint density at radius 1 is 1.15 bits per heavy atom. The van der Waals surface area contributed by atoms with Crippen molar-refractivity contribution in [1.82, 2.24) is 4.90 Å². The molecule has 1 heterocycles. The van der Waals surface area contributed by atoms with Crippen LogP contribution in [0.15, 0.2) is 30.3 Å². The van der Waals surface area contributed by atoms with Crippen LogP contribution >= 0.6 is 0 Å². The summed E-state index contributed by atoms with van der Waals surface area (Å²) in [5.74, 6) is 1.73. The number of nitrogens with zero attached hydrogens (tertiary/aromatic N) is 1. The molecule has 0 spiro atoms. The SMILES string of the molecule is C[C@@H]1CCC[C@@H]2[C@H]1CCCN2C[C@H](O)c1ccccc1. The van der Waals surface area contributed by atoms with Gasteiger partial charge in [0.15, 0.2) is 0 Å². The molecule has 2 heteroatoms. The Morgan fingerprint density at radius 2 is 1.95 bits per heavy atom. The zero-order valence-electron chi connectivity index (χ0n) is 12.5. The van der Waals surface area contributed by atoms with Gasteiger partial charge in [-0.15, -0.1) is 0 Å². The molecule has 1 saturated carbocycles. The topological polar surface area (TPSA) is 23.5 Å². The number of likely N-dealkylation sites (tertiary alicyclic amines) is 1. The molecule has 0 radical (unpaired) electrons. The molecule has 1 N–H and O–H groups in total. The Morgan fingerprint density at radius 3 is 2.75 bits per heavy atom. The van der Waals surface area contributed by atoms with Gasteiger partial charge in [0.05, 0.1) is 6.10 Å². The van der Waals surface area contributed by atoms with Crippen molar-refractivity contribution >= 4 is 0 Å². The van der Waals surface area contributed by atoms with E-state index < -0.39 is 0 Å². The van der Waals surface area contributed by atoms with E-state index in [0.29, 0.717) is 6.04 Å². The highest BCUT2D eigenvalue weighted by Gasteiger charge is 2.37. The fourth-order valence-corrected chi connectivity index (χ4v) is 4.31. The molecular weight excluding hydrogens is 246 g/mol. The second kappa shape index (κ2) is 6.28. The summed E-state index contributed by atoms with van der Waals surface area (Å²) in [5, 5.41) is 10.5. The highest BCUT2D eigenvalue weighted by Crippen LogP contribution is 2.39. The summed E-state index contributed by atoms with van der Waals surface area (Å²) in [4.78, 5) is 2.57. The summed E-state index contributed by atoms with van der Waals surface area (Å²) in [7, 11) is 0. The second-order valence-electron chi connectivity index (χ2n) is 6.70. The quantitative estimate of drug-likeness (QED) is 0.909. The fourth-order valence-electron chi connectivity index (χ4n) is 4.31. The normalized spacial score (nSPS) is 32.6. The molecule has 1 aromatic rings. The maximum Gasteiger partial charge on any atom is 0.0917 e. The van der Waals surface area contributed by atoms with E-state index in [1.54, 1.807) is 0 Å². The van der Waals surface area contributed by atoms with E-state index in [1.807, 2.05) is 30.3 Å².